The first kappa shape index (κ1) is 28.6. The molecular formula is C26H24Cl3N5O5S. The molecular weight excluding hydrogens is 601 g/mol. The number of aliphatic hydroxyl groups excluding tert-OH is 1. The first-order valence-corrected chi connectivity index (χ1v) is 14.7. The summed E-state index contributed by atoms with van der Waals surface area (Å²) in [5.41, 5.74) is 0.651. The van der Waals surface area contributed by atoms with Gasteiger partial charge in [0, 0.05) is 18.1 Å². The molecule has 3 heterocycles. The van der Waals surface area contributed by atoms with Crippen LogP contribution in [-0.4, -0.2) is 73.2 Å². The Bertz CT molecular complexity index is 1590. The number of amides is 2. The van der Waals surface area contributed by atoms with Gasteiger partial charge in [-0.1, -0.05) is 53.0 Å². The maximum atomic E-state index is 13.9. The highest BCUT2D eigenvalue weighted by atomic mass is 35.5. The van der Waals surface area contributed by atoms with Gasteiger partial charge in [-0.25, -0.2) is 17.7 Å². The summed E-state index contributed by atoms with van der Waals surface area (Å²) in [6.07, 6.45) is -0.714. The lowest BCUT2D eigenvalue weighted by atomic mass is 9.95. The van der Waals surface area contributed by atoms with E-state index in [-0.39, 0.29) is 68.6 Å². The van der Waals surface area contributed by atoms with Gasteiger partial charge in [0.15, 0.2) is 6.35 Å². The Morgan fingerprint density at radius 3 is 2.45 bits per heavy atom. The fourth-order valence-electron chi connectivity index (χ4n) is 4.83. The molecule has 210 valence electrons. The van der Waals surface area contributed by atoms with Crippen molar-refractivity contribution < 1.29 is 23.1 Å². The second-order valence-corrected chi connectivity index (χ2v) is 12.7. The largest absolute Gasteiger partial charge is 0.361 e. The summed E-state index contributed by atoms with van der Waals surface area (Å²) >= 11 is 18.4. The monoisotopic (exact) mass is 623 g/mol. The van der Waals surface area contributed by atoms with Crippen molar-refractivity contribution in [1.82, 2.24) is 14.8 Å². The number of likely N-dealkylation sites (N-methyl/N-ethyl adjacent to an activating group) is 1. The van der Waals surface area contributed by atoms with Crippen molar-refractivity contribution in [2.24, 2.45) is 5.92 Å². The minimum absolute atomic E-state index is 0.0250. The number of sulfonamides is 1. The van der Waals surface area contributed by atoms with Crippen LogP contribution in [0, 0.1) is 5.92 Å². The minimum Gasteiger partial charge on any atom is -0.361 e. The number of hydrogen-bond donors (Lipinski definition) is 2. The first-order valence-electron chi connectivity index (χ1n) is 12.2. The van der Waals surface area contributed by atoms with Gasteiger partial charge >= 0.3 is 0 Å². The summed E-state index contributed by atoms with van der Waals surface area (Å²) in [6, 6.07) is 13.8. The molecule has 2 aliphatic heterocycles. The van der Waals surface area contributed by atoms with Crippen LogP contribution in [0.2, 0.25) is 15.1 Å². The molecule has 0 bridgehead atoms. The Balaban J connectivity index is 1.51. The summed E-state index contributed by atoms with van der Waals surface area (Å²) in [6.45, 7) is 0.173. The average Bonchev–Trinajstić information content (AvgIpc) is 3.14. The number of aromatic nitrogens is 1. The molecule has 5 rings (SSSR count). The van der Waals surface area contributed by atoms with E-state index < -0.39 is 22.3 Å². The van der Waals surface area contributed by atoms with E-state index in [1.54, 1.807) is 31.3 Å². The highest BCUT2D eigenvalue weighted by Gasteiger charge is 2.40. The number of fused-ring (bicyclic) bond motifs is 1. The Labute approximate surface area is 246 Å². The van der Waals surface area contributed by atoms with E-state index in [2.05, 4.69) is 10.3 Å². The predicted molar refractivity (Wildman–Crippen MR) is 152 cm³/mol. The number of hydrogen-bond acceptors (Lipinski definition) is 7. The summed E-state index contributed by atoms with van der Waals surface area (Å²) in [5, 5.41) is 13.6. The van der Waals surface area contributed by atoms with Gasteiger partial charge in [0.25, 0.3) is 15.9 Å². The van der Waals surface area contributed by atoms with Crippen molar-refractivity contribution in [3.63, 3.8) is 0 Å². The Morgan fingerprint density at radius 2 is 1.80 bits per heavy atom. The van der Waals surface area contributed by atoms with E-state index in [0.717, 1.165) is 4.31 Å². The zero-order valence-electron chi connectivity index (χ0n) is 21.1. The number of aliphatic hydroxyl groups is 1. The van der Waals surface area contributed by atoms with Crippen LogP contribution in [0.15, 0.2) is 59.5 Å². The fraction of sp³-hybridized carbons (Fsp3) is 0.269. The molecule has 0 saturated carbocycles. The van der Waals surface area contributed by atoms with Crippen molar-refractivity contribution in [2.45, 2.75) is 17.7 Å². The van der Waals surface area contributed by atoms with E-state index in [9.17, 15) is 23.1 Å². The van der Waals surface area contributed by atoms with Gasteiger partial charge in [0.2, 0.25) is 5.91 Å². The molecule has 1 saturated heterocycles. The summed E-state index contributed by atoms with van der Waals surface area (Å²) in [4.78, 5) is 32.7. The predicted octanol–water partition coefficient (Wildman–Crippen LogP) is 3.71. The molecule has 2 aliphatic rings. The molecule has 0 aliphatic carbocycles. The molecule has 3 aromatic rings. The fourth-order valence-corrected chi connectivity index (χ4v) is 7.23. The third-order valence-corrected chi connectivity index (χ3v) is 9.39. The van der Waals surface area contributed by atoms with Crippen molar-refractivity contribution in [3.05, 3.63) is 80.8 Å². The van der Waals surface area contributed by atoms with Crippen molar-refractivity contribution >= 4 is 68.3 Å². The molecule has 14 heteroatoms. The molecule has 0 spiro atoms. The number of carbonyl (C=O) groups excluding carboxylic acids is 2. The van der Waals surface area contributed by atoms with Crippen molar-refractivity contribution in [3.8, 4) is 0 Å². The zero-order chi connectivity index (χ0) is 28.8. The average molecular weight is 625 g/mol. The lowest BCUT2D eigenvalue weighted by Gasteiger charge is -2.36. The number of carbonyl (C=O) groups is 2. The maximum Gasteiger partial charge on any atom is 0.265 e. The molecule has 10 nitrogen and oxygen atoms in total. The van der Waals surface area contributed by atoms with E-state index >= 15 is 0 Å². The van der Waals surface area contributed by atoms with Crippen molar-refractivity contribution in [1.29, 1.82) is 0 Å². The molecule has 2 atom stereocenters. The van der Waals surface area contributed by atoms with Crippen LogP contribution in [-0.2, 0) is 21.2 Å². The highest BCUT2D eigenvalue weighted by Crippen LogP contribution is 2.35. The Kier molecular flexibility index (Phi) is 7.97. The lowest BCUT2D eigenvalue weighted by molar-refractivity contribution is -0.135. The van der Waals surface area contributed by atoms with Gasteiger partial charge in [0.05, 0.1) is 27.0 Å². The van der Waals surface area contributed by atoms with Gasteiger partial charge in [0.1, 0.15) is 11.6 Å². The van der Waals surface area contributed by atoms with Gasteiger partial charge < -0.3 is 15.3 Å². The van der Waals surface area contributed by atoms with Crippen LogP contribution in [0.5, 0.6) is 0 Å². The summed E-state index contributed by atoms with van der Waals surface area (Å²) < 4.78 is 28.9. The van der Waals surface area contributed by atoms with E-state index in [1.165, 1.54) is 40.1 Å². The molecule has 2 aromatic carbocycles. The molecule has 2 N–H and O–H groups in total. The van der Waals surface area contributed by atoms with Gasteiger partial charge in [-0.15, -0.1) is 0 Å². The van der Waals surface area contributed by atoms with Crippen LogP contribution in [0.4, 0.5) is 11.6 Å². The van der Waals surface area contributed by atoms with Crippen LogP contribution in [0.1, 0.15) is 15.9 Å². The van der Waals surface area contributed by atoms with Crippen LogP contribution in [0.3, 0.4) is 0 Å². The second kappa shape index (κ2) is 11.2. The number of halogens is 3. The first-order chi connectivity index (χ1) is 19.0. The van der Waals surface area contributed by atoms with Crippen LogP contribution >= 0.6 is 34.8 Å². The van der Waals surface area contributed by atoms with Crippen LogP contribution in [0.25, 0.3) is 0 Å². The summed E-state index contributed by atoms with van der Waals surface area (Å²) in [5.74, 6) is -0.984. The van der Waals surface area contributed by atoms with E-state index in [4.69, 9.17) is 34.8 Å². The van der Waals surface area contributed by atoms with Gasteiger partial charge in [-0.2, -0.15) is 0 Å². The van der Waals surface area contributed by atoms with Crippen LogP contribution < -0.4 is 9.62 Å². The quantitative estimate of drug-likeness (QED) is 0.429. The second-order valence-electron chi connectivity index (χ2n) is 9.60. The SMILES string of the molecule is CN1CC(=O)N(CC2Cc3ccc(NC(=O)c4c(Cl)cccc4Cl)nc3N(S(=O)(=O)c3cccc(Cl)c3)C2)C1O. The highest BCUT2D eigenvalue weighted by molar-refractivity contribution is 7.92. The molecule has 1 aromatic heterocycles. The maximum absolute atomic E-state index is 13.9. The number of nitrogens with one attached hydrogen (secondary N) is 1. The molecule has 1 fully saturated rings. The topological polar surface area (TPSA) is 123 Å². The lowest BCUT2D eigenvalue weighted by Crippen LogP contribution is -2.47. The normalized spacial score (nSPS) is 19.6. The minimum atomic E-state index is -4.16. The van der Waals surface area contributed by atoms with E-state index in [1.807, 2.05) is 0 Å². The third-order valence-electron chi connectivity index (χ3n) is 6.77. The number of rotatable bonds is 6. The molecule has 0 radical (unpaired) electrons. The standard InChI is InChI=1S/C26H24Cl3N5O5S/c1-32-14-22(35)33(26(32)37)12-15-10-16-8-9-21(31-25(36)23-19(28)6-3-7-20(23)29)30-24(16)34(13-15)40(38,39)18-5-2-4-17(27)11-18/h2-9,11,15,26,37H,10,12-14H2,1H3,(H,30,31,36). The molecule has 2 amide bonds. The van der Waals surface area contributed by atoms with Gasteiger partial charge in [-0.05, 0) is 61.3 Å². The number of benzene rings is 2. The Hall–Kier alpha value is -2.93. The number of pyridine rings is 1. The zero-order valence-corrected chi connectivity index (χ0v) is 24.2. The summed E-state index contributed by atoms with van der Waals surface area (Å²) in [7, 11) is -2.53. The van der Waals surface area contributed by atoms with Crippen molar-refractivity contribution in [2.75, 3.05) is 36.3 Å². The Morgan fingerprint density at radius 1 is 1.10 bits per heavy atom. The van der Waals surface area contributed by atoms with Gasteiger partial charge in [-0.3, -0.25) is 14.5 Å². The number of nitrogens with zero attached hydrogens (tertiary/aromatic N) is 4. The molecule has 40 heavy (non-hydrogen) atoms. The smallest absolute Gasteiger partial charge is 0.265 e. The third kappa shape index (κ3) is 5.50. The molecule has 2 unspecified atom stereocenters. The number of anilines is 2. The van der Waals surface area contributed by atoms with E-state index in [0.29, 0.717) is 12.0 Å².